The molecule has 0 unspecified atom stereocenters. The molecule has 0 N–H and O–H groups in total. The van der Waals surface area contributed by atoms with Crippen LogP contribution in [0.2, 0.25) is 0 Å². The number of aromatic nitrogens is 2. The molecule has 1 aliphatic heterocycles. The largest absolute Gasteiger partial charge is 0.486 e. The topological polar surface area (TPSA) is 44.2 Å². The van der Waals surface area contributed by atoms with E-state index in [9.17, 15) is 0 Å². The second kappa shape index (κ2) is 4.03. The van der Waals surface area contributed by atoms with E-state index in [0.29, 0.717) is 17.9 Å². The summed E-state index contributed by atoms with van der Waals surface area (Å²) in [6, 6.07) is 5.79. The van der Waals surface area contributed by atoms with Gasteiger partial charge in [0.1, 0.15) is 18.2 Å². The van der Waals surface area contributed by atoms with E-state index in [1.54, 1.807) is 0 Å². The summed E-state index contributed by atoms with van der Waals surface area (Å²) in [5.74, 6) is 1.56. The van der Waals surface area contributed by atoms with Crippen LogP contribution < -0.4 is 9.47 Å². The molecular formula is C10H7BrN2O2S. The Kier molecular flexibility index (Phi) is 2.53. The highest BCUT2D eigenvalue weighted by molar-refractivity contribution is 9.10. The second-order valence-corrected chi connectivity index (χ2v) is 4.69. The minimum absolute atomic E-state index is 0.594. The minimum Gasteiger partial charge on any atom is -0.486 e. The summed E-state index contributed by atoms with van der Waals surface area (Å²) in [7, 11) is 0. The molecule has 0 fully saturated rings. The van der Waals surface area contributed by atoms with Crippen molar-refractivity contribution >= 4 is 27.5 Å². The molecule has 0 atom stereocenters. The predicted octanol–water partition coefficient (Wildman–Crippen LogP) is 2.74. The van der Waals surface area contributed by atoms with Crippen LogP contribution in [0.5, 0.6) is 11.5 Å². The van der Waals surface area contributed by atoms with E-state index in [2.05, 4.69) is 25.3 Å². The van der Waals surface area contributed by atoms with Crippen molar-refractivity contribution in [3.63, 3.8) is 0 Å². The fourth-order valence-electron chi connectivity index (χ4n) is 1.50. The molecule has 0 aliphatic carbocycles. The Labute approximate surface area is 105 Å². The van der Waals surface area contributed by atoms with Crippen molar-refractivity contribution in [1.29, 1.82) is 0 Å². The zero-order chi connectivity index (χ0) is 11.0. The number of rotatable bonds is 1. The first-order valence-corrected chi connectivity index (χ1v) is 6.29. The van der Waals surface area contributed by atoms with Gasteiger partial charge in [-0.2, -0.15) is 4.37 Å². The molecule has 0 spiro atoms. The van der Waals surface area contributed by atoms with Crippen molar-refractivity contribution in [2.75, 3.05) is 13.2 Å². The highest BCUT2D eigenvalue weighted by atomic mass is 79.9. The number of hydrogen-bond donors (Lipinski definition) is 0. The maximum absolute atomic E-state index is 5.51. The number of ether oxygens (including phenoxy) is 2. The highest BCUT2D eigenvalue weighted by Gasteiger charge is 2.13. The van der Waals surface area contributed by atoms with Gasteiger partial charge in [0, 0.05) is 5.56 Å². The number of fused-ring (bicyclic) bond motifs is 1. The molecule has 0 amide bonds. The zero-order valence-electron chi connectivity index (χ0n) is 8.14. The molecule has 82 valence electrons. The molecular weight excluding hydrogens is 292 g/mol. The first kappa shape index (κ1) is 10.0. The third kappa shape index (κ3) is 1.78. The van der Waals surface area contributed by atoms with Gasteiger partial charge >= 0.3 is 0 Å². The number of nitrogens with zero attached hydrogens (tertiary/aromatic N) is 2. The number of halogens is 1. The molecule has 0 bridgehead atoms. The third-order valence-corrected chi connectivity index (χ3v) is 3.54. The first-order chi connectivity index (χ1) is 7.83. The van der Waals surface area contributed by atoms with Crippen molar-refractivity contribution in [3.8, 4) is 22.1 Å². The summed E-state index contributed by atoms with van der Waals surface area (Å²) in [5.41, 5.74) is 0.993. The predicted molar refractivity (Wildman–Crippen MR) is 64.0 cm³/mol. The Hall–Kier alpha value is -1.14. The molecule has 4 nitrogen and oxygen atoms in total. The normalized spacial score (nSPS) is 13.8. The van der Waals surface area contributed by atoms with Gasteiger partial charge in [-0.1, -0.05) is 0 Å². The van der Waals surface area contributed by atoms with E-state index in [0.717, 1.165) is 22.1 Å². The number of benzene rings is 1. The smallest absolute Gasteiger partial charge is 0.209 e. The summed E-state index contributed by atoms with van der Waals surface area (Å²) < 4.78 is 15.7. The molecule has 1 aromatic carbocycles. The van der Waals surface area contributed by atoms with Crippen molar-refractivity contribution in [2.24, 2.45) is 0 Å². The molecule has 0 saturated carbocycles. The quantitative estimate of drug-likeness (QED) is 0.812. The van der Waals surface area contributed by atoms with Gasteiger partial charge in [-0.05, 0) is 45.7 Å². The van der Waals surface area contributed by atoms with Gasteiger partial charge in [0.25, 0.3) is 0 Å². The molecule has 0 saturated heterocycles. The van der Waals surface area contributed by atoms with Gasteiger partial charge in [0.2, 0.25) is 4.73 Å². The standard InChI is InChI=1S/C10H7BrN2O2S/c11-10-12-9(16-13-10)6-1-2-7-8(5-6)15-4-3-14-7/h1-2,5H,3-4H2. The van der Waals surface area contributed by atoms with Crippen molar-refractivity contribution in [1.82, 2.24) is 9.36 Å². The van der Waals surface area contributed by atoms with Gasteiger partial charge in [-0.25, -0.2) is 4.98 Å². The van der Waals surface area contributed by atoms with E-state index in [-0.39, 0.29) is 0 Å². The van der Waals surface area contributed by atoms with Crippen LogP contribution >= 0.6 is 27.5 Å². The Morgan fingerprint density at radius 1 is 1.19 bits per heavy atom. The SMILES string of the molecule is Brc1nsc(-c2ccc3c(c2)OCCO3)n1. The summed E-state index contributed by atoms with van der Waals surface area (Å²) in [6.07, 6.45) is 0. The van der Waals surface area contributed by atoms with Gasteiger partial charge in [-0.15, -0.1) is 0 Å². The Morgan fingerprint density at radius 3 is 2.75 bits per heavy atom. The van der Waals surface area contributed by atoms with Crippen LogP contribution in [-0.2, 0) is 0 Å². The van der Waals surface area contributed by atoms with Gasteiger partial charge in [-0.3, -0.25) is 0 Å². The molecule has 6 heteroatoms. The second-order valence-electron chi connectivity index (χ2n) is 3.23. The third-order valence-electron chi connectivity index (χ3n) is 2.19. The average molecular weight is 299 g/mol. The summed E-state index contributed by atoms with van der Waals surface area (Å²) in [6.45, 7) is 1.20. The summed E-state index contributed by atoms with van der Waals surface area (Å²) >= 11 is 4.59. The lowest BCUT2D eigenvalue weighted by Gasteiger charge is -2.18. The van der Waals surface area contributed by atoms with Crippen LogP contribution in [0.25, 0.3) is 10.6 Å². The zero-order valence-corrected chi connectivity index (χ0v) is 10.5. The number of hydrogen-bond acceptors (Lipinski definition) is 5. The van der Waals surface area contributed by atoms with Crippen LogP contribution in [0.3, 0.4) is 0 Å². The van der Waals surface area contributed by atoms with Crippen LogP contribution in [-0.4, -0.2) is 22.6 Å². The lowest BCUT2D eigenvalue weighted by Crippen LogP contribution is -2.15. The Morgan fingerprint density at radius 2 is 2.00 bits per heavy atom. The van der Waals surface area contributed by atoms with E-state index in [1.807, 2.05) is 18.2 Å². The fourth-order valence-corrected chi connectivity index (χ4v) is 2.57. The van der Waals surface area contributed by atoms with Gasteiger partial charge in [0.05, 0.1) is 0 Å². The Bertz CT molecular complexity index is 529. The maximum atomic E-state index is 5.51. The van der Waals surface area contributed by atoms with E-state index >= 15 is 0 Å². The van der Waals surface area contributed by atoms with E-state index in [4.69, 9.17) is 9.47 Å². The van der Waals surface area contributed by atoms with Crippen molar-refractivity contribution in [2.45, 2.75) is 0 Å². The molecule has 1 aromatic heterocycles. The minimum atomic E-state index is 0.594. The molecule has 2 aromatic rings. The highest BCUT2D eigenvalue weighted by Crippen LogP contribution is 2.35. The fraction of sp³-hybridized carbons (Fsp3) is 0.200. The molecule has 1 aliphatic rings. The average Bonchev–Trinajstić information content (AvgIpc) is 2.75. The van der Waals surface area contributed by atoms with Crippen LogP contribution in [0.4, 0.5) is 0 Å². The lowest BCUT2D eigenvalue weighted by molar-refractivity contribution is 0.171. The Balaban J connectivity index is 2.02. The monoisotopic (exact) mass is 298 g/mol. The van der Waals surface area contributed by atoms with Gasteiger partial charge in [0.15, 0.2) is 11.5 Å². The van der Waals surface area contributed by atoms with Crippen molar-refractivity contribution in [3.05, 3.63) is 22.9 Å². The summed E-state index contributed by atoms with van der Waals surface area (Å²) in [4.78, 5) is 4.26. The first-order valence-electron chi connectivity index (χ1n) is 4.72. The summed E-state index contributed by atoms with van der Waals surface area (Å²) in [5, 5.41) is 0.865. The van der Waals surface area contributed by atoms with E-state index < -0.39 is 0 Å². The van der Waals surface area contributed by atoms with Crippen LogP contribution in [0.15, 0.2) is 22.9 Å². The molecule has 16 heavy (non-hydrogen) atoms. The van der Waals surface area contributed by atoms with Crippen LogP contribution in [0.1, 0.15) is 0 Å². The lowest BCUT2D eigenvalue weighted by atomic mass is 10.2. The van der Waals surface area contributed by atoms with Crippen LogP contribution in [0, 0.1) is 0 Å². The molecule has 3 rings (SSSR count). The molecule has 0 radical (unpaired) electrons. The van der Waals surface area contributed by atoms with Gasteiger partial charge < -0.3 is 9.47 Å². The van der Waals surface area contributed by atoms with E-state index in [1.165, 1.54) is 11.5 Å². The van der Waals surface area contributed by atoms with Crippen molar-refractivity contribution < 1.29 is 9.47 Å². The maximum Gasteiger partial charge on any atom is 0.209 e. The molecule has 2 heterocycles.